The SMILES string of the molecule is O=C(NC(CO)C(=O)O)c1ccc2c(c1)CCNC2. The van der Waals surface area contributed by atoms with Crippen LogP contribution in [0.5, 0.6) is 0 Å². The molecule has 0 saturated carbocycles. The lowest BCUT2D eigenvalue weighted by molar-refractivity contribution is -0.140. The van der Waals surface area contributed by atoms with Crippen LogP contribution in [0, 0.1) is 0 Å². The number of carbonyl (C=O) groups excluding carboxylic acids is 1. The van der Waals surface area contributed by atoms with Gasteiger partial charge in [0.2, 0.25) is 0 Å². The van der Waals surface area contributed by atoms with Gasteiger partial charge >= 0.3 is 5.97 Å². The molecule has 1 atom stereocenters. The van der Waals surface area contributed by atoms with Crippen LogP contribution in [0.4, 0.5) is 0 Å². The summed E-state index contributed by atoms with van der Waals surface area (Å²) in [5.41, 5.74) is 2.67. The average Bonchev–Trinajstić information content (AvgIpc) is 2.43. The van der Waals surface area contributed by atoms with Crippen molar-refractivity contribution < 1.29 is 19.8 Å². The molecule has 0 saturated heterocycles. The summed E-state index contributed by atoms with van der Waals surface area (Å²) < 4.78 is 0. The molecule has 4 N–H and O–H groups in total. The molecule has 1 aromatic rings. The molecule has 0 fully saturated rings. The van der Waals surface area contributed by atoms with E-state index in [0.717, 1.165) is 30.6 Å². The zero-order valence-corrected chi connectivity index (χ0v) is 10.3. The highest BCUT2D eigenvalue weighted by molar-refractivity contribution is 5.96. The van der Waals surface area contributed by atoms with Crippen molar-refractivity contribution in [2.75, 3.05) is 13.2 Å². The van der Waals surface area contributed by atoms with Gasteiger partial charge in [-0.2, -0.15) is 0 Å². The molecule has 6 nitrogen and oxygen atoms in total. The Hall–Kier alpha value is -1.92. The summed E-state index contributed by atoms with van der Waals surface area (Å²) >= 11 is 0. The lowest BCUT2D eigenvalue weighted by Crippen LogP contribution is -2.43. The molecule has 0 aromatic heterocycles. The van der Waals surface area contributed by atoms with E-state index in [4.69, 9.17) is 10.2 Å². The minimum Gasteiger partial charge on any atom is -0.480 e. The molecule has 0 radical (unpaired) electrons. The summed E-state index contributed by atoms with van der Waals surface area (Å²) in [6, 6.07) is 4.04. The minimum absolute atomic E-state index is 0.417. The molecule has 19 heavy (non-hydrogen) atoms. The van der Waals surface area contributed by atoms with E-state index in [1.165, 1.54) is 0 Å². The van der Waals surface area contributed by atoms with E-state index in [1.54, 1.807) is 12.1 Å². The van der Waals surface area contributed by atoms with Gasteiger partial charge in [-0.05, 0) is 36.2 Å². The van der Waals surface area contributed by atoms with Crippen LogP contribution in [0.2, 0.25) is 0 Å². The molecule has 1 unspecified atom stereocenters. The van der Waals surface area contributed by atoms with E-state index in [1.807, 2.05) is 6.07 Å². The van der Waals surface area contributed by atoms with Crippen molar-refractivity contribution in [3.8, 4) is 0 Å². The van der Waals surface area contributed by atoms with Gasteiger partial charge in [0.1, 0.15) is 0 Å². The van der Waals surface area contributed by atoms with Gasteiger partial charge in [-0.15, -0.1) is 0 Å². The lowest BCUT2D eigenvalue weighted by atomic mass is 9.98. The van der Waals surface area contributed by atoms with Gasteiger partial charge < -0.3 is 20.8 Å². The standard InChI is InChI=1S/C13H16N2O4/c16-7-11(13(18)19)15-12(17)9-1-2-10-6-14-4-3-8(10)5-9/h1-2,5,11,14,16H,3-4,6-7H2,(H,15,17)(H,18,19). The third kappa shape index (κ3) is 3.10. The third-order valence-electron chi connectivity index (χ3n) is 3.14. The second kappa shape index (κ2) is 5.81. The molecule has 1 heterocycles. The highest BCUT2D eigenvalue weighted by Gasteiger charge is 2.20. The van der Waals surface area contributed by atoms with Crippen molar-refractivity contribution in [2.24, 2.45) is 0 Å². The van der Waals surface area contributed by atoms with Gasteiger partial charge in [0.15, 0.2) is 6.04 Å². The van der Waals surface area contributed by atoms with Crippen molar-refractivity contribution in [3.05, 3.63) is 34.9 Å². The summed E-state index contributed by atoms with van der Waals surface area (Å²) in [5, 5.41) is 23.2. The maximum atomic E-state index is 11.9. The summed E-state index contributed by atoms with van der Waals surface area (Å²) in [6.45, 7) is 1.02. The van der Waals surface area contributed by atoms with Crippen LogP contribution in [0.25, 0.3) is 0 Å². The summed E-state index contributed by atoms with van der Waals surface area (Å²) in [5.74, 6) is -1.74. The van der Waals surface area contributed by atoms with Crippen LogP contribution in [-0.2, 0) is 17.8 Å². The van der Waals surface area contributed by atoms with E-state index in [2.05, 4.69) is 10.6 Å². The number of nitrogens with one attached hydrogen (secondary N) is 2. The Morgan fingerprint density at radius 1 is 1.37 bits per heavy atom. The normalized spacial score (nSPS) is 15.4. The number of aliphatic carboxylic acids is 1. The van der Waals surface area contributed by atoms with Gasteiger partial charge in [0.05, 0.1) is 6.61 Å². The first-order valence-electron chi connectivity index (χ1n) is 6.09. The van der Waals surface area contributed by atoms with Crippen molar-refractivity contribution in [1.82, 2.24) is 10.6 Å². The van der Waals surface area contributed by atoms with Crippen molar-refractivity contribution in [3.63, 3.8) is 0 Å². The number of carboxylic acid groups (broad SMARTS) is 1. The van der Waals surface area contributed by atoms with E-state index in [-0.39, 0.29) is 0 Å². The fourth-order valence-corrected chi connectivity index (χ4v) is 2.05. The number of aliphatic hydroxyl groups is 1. The number of hydrogen-bond donors (Lipinski definition) is 4. The molecular formula is C13H16N2O4. The first-order valence-corrected chi connectivity index (χ1v) is 6.09. The van der Waals surface area contributed by atoms with Crippen LogP contribution in [-0.4, -0.2) is 41.3 Å². The summed E-state index contributed by atoms with van der Waals surface area (Å²) in [4.78, 5) is 22.7. The Kier molecular flexibility index (Phi) is 4.13. The molecule has 1 amide bonds. The van der Waals surface area contributed by atoms with E-state index < -0.39 is 24.5 Å². The third-order valence-corrected chi connectivity index (χ3v) is 3.14. The quantitative estimate of drug-likeness (QED) is 0.588. The fourth-order valence-electron chi connectivity index (χ4n) is 2.05. The smallest absolute Gasteiger partial charge is 0.328 e. The van der Waals surface area contributed by atoms with Crippen LogP contribution in [0.1, 0.15) is 21.5 Å². The number of benzene rings is 1. The van der Waals surface area contributed by atoms with Gasteiger partial charge in [-0.3, -0.25) is 4.79 Å². The monoisotopic (exact) mass is 264 g/mol. The highest BCUT2D eigenvalue weighted by Crippen LogP contribution is 2.15. The fraction of sp³-hybridized carbons (Fsp3) is 0.385. The molecule has 0 spiro atoms. The Labute approximate surface area is 110 Å². The van der Waals surface area contributed by atoms with Gasteiger partial charge in [0, 0.05) is 12.1 Å². The number of carbonyl (C=O) groups is 2. The Morgan fingerprint density at radius 3 is 2.84 bits per heavy atom. The number of amides is 1. The topological polar surface area (TPSA) is 98.7 Å². The first kappa shape index (κ1) is 13.5. The second-order valence-electron chi connectivity index (χ2n) is 4.46. The predicted octanol–water partition coefficient (Wildman–Crippen LogP) is -0.492. The number of aliphatic hydroxyl groups excluding tert-OH is 1. The van der Waals surface area contributed by atoms with Crippen LogP contribution < -0.4 is 10.6 Å². The summed E-state index contributed by atoms with van der Waals surface area (Å²) in [6.07, 6.45) is 0.846. The van der Waals surface area contributed by atoms with E-state index >= 15 is 0 Å². The lowest BCUT2D eigenvalue weighted by Gasteiger charge is -2.18. The highest BCUT2D eigenvalue weighted by atomic mass is 16.4. The van der Waals surface area contributed by atoms with Gasteiger partial charge in [-0.25, -0.2) is 4.79 Å². The van der Waals surface area contributed by atoms with Crippen molar-refractivity contribution in [2.45, 2.75) is 19.0 Å². The molecule has 0 aliphatic carbocycles. The largest absolute Gasteiger partial charge is 0.480 e. The van der Waals surface area contributed by atoms with Gasteiger partial charge in [0.25, 0.3) is 5.91 Å². The second-order valence-corrected chi connectivity index (χ2v) is 4.46. The molecule has 1 aliphatic heterocycles. The molecule has 102 valence electrons. The van der Waals surface area contributed by atoms with Crippen LogP contribution in [0.15, 0.2) is 18.2 Å². The molecule has 1 aliphatic rings. The molecule has 6 heteroatoms. The maximum Gasteiger partial charge on any atom is 0.328 e. The molecule has 1 aromatic carbocycles. The molecule has 0 bridgehead atoms. The number of rotatable bonds is 4. The Balaban J connectivity index is 2.13. The van der Waals surface area contributed by atoms with Crippen LogP contribution >= 0.6 is 0 Å². The minimum atomic E-state index is -1.27. The average molecular weight is 264 g/mol. The van der Waals surface area contributed by atoms with Crippen molar-refractivity contribution >= 4 is 11.9 Å². The zero-order chi connectivity index (χ0) is 13.8. The van der Waals surface area contributed by atoms with Crippen molar-refractivity contribution in [1.29, 1.82) is 0 Å². The predicted molar refractivity (Wildman–Crippen MR) is 67.8 cm³/mol. The van der Waals surface area contributed by atoms with E-state index in [9.17, 15) is 9.59 Å². The van der Waals surface area contributed by atoms with Gasteiger partial charge in [-0.1, -0.05) is 6.07 Å². The van der Waals surface area contributed by atoms with Crippen LogP contribution in [0.3, 0.4) is 0 Å². The maximum absolute atomic E-state index is 11.9. The Morgan fingerprint density at radius 2 is 2.16 bits per heavy atom. The first-order chi connectivity index (χ1) is 9.11. The number of hydrogen-bond acceptors (Lipinski definition) is 4. The molecular weight excluding hydrogens is 248 g/mol. The Bertz CT molecular complexity index is 501. The molecule has 2 rings (SSSR count). The number of carboxylic acids is 1. The number of fused-ring (bicyclic) bond motifs is 1. The zero-order valence-electron chi connectivity index (χ0n) is 10.3. The summed E-state index contributed by atoms with van der Waals surface area (Å²) in [7, 11) is 0. The van der Waals surface area contributed by atoms with E-state index in [0.29, 0.717) is 5.56 Å².